The second-order valence-electron chi connectivity index (χ2n) is 4.31. The summed E-state index contributed by atoms with van der Waals surface area (Å²) < 4.78 is 11.5. The first kappa shape index (κ1) is 15.3. The van der Waals surface area contributed by atoms with E-state index in [0.29, 0.717) is 28.7 Å². The summed E-state index contributed by atoms with van der Waals surface area (Å²) in [5.41, 5.74) is 0.643. The quantitative estimate of drug-likeness (QED) is 0.668. The van der Waals surface area contributed by atoms with Gasteiger partial charge in [-0.2, -0.15) is 0 Å². The normalized spacial score (nSPS) is 10.8. The van der Waals surface area contributed by atoms with Gasteiger partial charge in [-0.25, -0.2) is 4.79 Å². The van der Waals surface area contributed by atoms with Crippen LogP contribution in [0.2, 0.25) is 0 Å². The molecule has 7 nitrogen and oxygen atoms in total. The lowest BCUT2D eigenvalue weighted by atomic mass is 10.1. The summed E-state index contributed by atoms with van der Waals surface area (Å²) in [6.45, 7) is 0. The van der Waals surface area contributed by atoms with Crippen LogP contribution in [0.25, 0.3) is 10.9 Å². The van der Waals surface area contributed by atoms with Gasteiger partial charge in [0.1, 0.15) is 11.5 Å². The summed E-state index contributed by atoms with van der Waals surface area (Å²) in [4.78, 5) is 33.8. The van der Waals surface area contributed by atoms with E-state index in [1.165, 1.54) is 25.0 Å². The first-order chi connectivity index (χ1) is 10.5. The zero-order valence-electron chi connectivity index (χ0n) is 11.9. The molecule has 2 rings (SSSR count). The summed E-state index contributed by atoms with van der Waals surface area (Å²) in [5.74, 6) is -1.02. The van der Waals surface area contributed by atoms with Crippen molar-refractivity contribution in [3.05, 3.63) is 36.0 Å². The number of benzene rings is 1. The van der Waals surface area contributed by atoms with Gasteiger partial charge in [-0.05, 0) is 0 Å². The number of carboxylic acids is 1. The molecule has 0 atom stereocenters. The van der Waals surface area contributed by atoms with Crippen molar-refractivity contribution in [2.75, 3.05) is 14.2 Å². The van der Waals surface area contributed by atoms with E-state index < -0.39 is 11.9 Å². The highest BCUT2D eigenvalue weighted by atomic mass is 16.5. The molecule has 0 aliphatic heterocycles. The van der Waals surface area contributed by atoms with Crippen molar-refractivity contribution in [1.82, 2.24) is 4.57 Å². The van der Waals surface area contributed by atoms with Gasteiger partial charge < -0.3 is 14.6 Å². The molecule has 1 aromatic heterocycles. The lowest BCUT2D eigenvalue weighted by Crippen LogP contribution is -2.06. The molecule has 0 amide bonds. The number of nitrogens with zero attached hydrogens (tertiary/aromatic N) is 1. The van der Waals surface area contributed by atoms with E-state index in [4.69, 9.17) is 14.6 Å². The maximum atomic E-state index is 12.1. The number of hydrogen-bond acceptors (Lipinski definition) is 5. The van der Waals surface area contributed by atoms with Gasteiger partial charge in [0, 0.05) is 36.0 Å². The molecule has 0 saturated heterocycles. The Balaban J connectivity index is 2.72. The molecule has 1 N–H and O–H groups in total. The Hall–Kier alpha value is -3.09. The molecule has 7 heteroatoms. The third kappa shape index (κ3) is 2.69. The van der Waals surface area contributed by atoms with Gasteiger partial charge in [0.05, 0.1) is 25.1 Å². The van der Waals surface area contributed by atoms with Crippen LogP contribution in [0.1, 0.15) is 15.2 Å². The molecule has 22 heavy (non-hydrogen) atoms. The number of ether oxygens (including phenoxy) is 2. The highest BCUT2D eigenvalue weighted by Crippen LogP contribution is 2.34. The van der Waals surface area contributed by atoms with Crippen molar-refractivity contribution < 1.29 is 29.0 Å². The smallest absolute Gasteiger partial charge is 0.328 e. The fraction of sp³-hybridized carbons (Fsp3) is 0.133. The maximum absolute atomic E-state index is 12.1. The number of carbonyl (C=O) groups is 3. The Morgan fingerprint density at radius 3 is 2.45 bits per heavy atom. The molecular weight excluding hydrogens is 290 g/mol. The van der Waals surface area contributed by atoms with Crippen LogP contribution in [-0.4, -0.2) is 42.1 Å². The third-order valence-electron chi connectivity index (χ3n) is 3.06. The molecule has 0 aliphatic carbocycles. The van der Waals surface area contributed by atoms with E-state index in [2.05, 4.69) is 0 Å². The van der Waals surface area contributed by atoms with Gasteiger partial charge in [-0.3, -0.25) is 14.2 Å². The van der Waals surface area contributed by atoms with E-state index in [0.717, 1.165) is 12.2 Å². The number of hydrogen-bond donors (Lipinski definition) is 1. The molecule has 1 aromatic carbocycles. The molecular formula is C15H13NO6. The van der Waals surface area contributed by atoms with E-state index in [1.807, 2.05) is 0 Å². The fourth-order valence-corrected chi connectivity index (χ4v) is 2.10. The first-order valence-corrected chi connectivity index (χ1v) is 6.19. The number of aldehydes is 1. The monoisotopic (exact) mass is 303 g/mol. The zero-order valence-corrected chi connectivity index (χ0v) is 11.9. The van der Waals surface area contributed by atoms with Gasteiger partial charge in [0.15, 0.2) is 6.29 Å². The number of carbonyl (C=O) groups excluding carboxylic acids is 2. The number of allylic oxidation sites excluding steroid dienone is 1. The van der Waals surface area contributed by atoms with Gasteiger partial charge in [-0.15, -0.1) is 0 Å². The molecule has 1 heterocycles. The molecule has 0 saturated carbocycles. The number of fused-ring (bicyclic) bond motifs is 1. The molecule has 114 valence electrons. The number of aliphatic carboxylic acids is 1. The molecule has 0 unspecified atom stereocenters. The number of methoxy groups -OCH3 is 2. The van der Waals surface area contributed by atoms with E-state index in [1.54, 1.807) is 12.1 Å². The lowest BCUT2D eigenvalue weighted by Gasteiger charge is -2.07. The van der Waals surface area contributed by atoms with Crippen LogP contribution in [0.5, 0.6) is 11.5 Å². The Bertz CT molecular complexity index is 787. The summed E-state index contributed by atoms with van der Waals surface area (Å²) in [5, 5.41) is 9.05. The van der Waals surface area contributed by atoms with Crippen LogP contribution in [0.4, 0.5) is 0 Å². The highest BCUT2D eigenvalue weighted by Gasteiger charge is 2.17. The fourth-order valence-electron chi connectivity index (χ4n) is 2.10. The van der Waals surface area contributed by atoms with Crippen LogP contribution in [0.15, 0.2) is 30.5 Å². The van der Waals surface area contributed by atoms with Crippen molar-refractivity contribution in [2.45, 2.75) is 0 Å². The van der Waals surface area contributed by atoms with Crippen molar-refractivity contribution in [2.24, 2.45) is 0 Å². The van der Waals surface area contributed by atoms with Gasteiger partial charge in [-0.1, -0.05) is 0 Å². The molecule has 2 aromatic rings. The third-order valence-corrected chi connectivity index (χ3v) is 3.06. The van der Waals surface area contributed by atoms with E-state index in [9.17, 15) is 14.4 Å². The Morgan fingerprint density at radius 2 is 1.91 bits per heavy atom. The summed E-state index contributed by atoms with van der Waals surface area (Å²) in [7, 11) is 2.90. The summed E-state index contributed by atoms with van der Waals surface area (Å²) in [6.07, 6.45) is 3.56. The van der Waals surface area contributed by atoms with E-state index >= 15 is 0 Å². The van der Waals surface area contributed by atoms with Crippen molar-refractivity contribution in [1.29, 1.82) is 0 Å². The van der Waals surface area contributed by atoms with Crippen molar-refractivity contribution in [3.8, 4) is 11.5 Å². The topological polar surface area (TPSA) is 94.8 Å². The average Bonchev–Trinajstić information content (AvgIpc) is 2.90. The Morgan fingerprint density at radius 1 is 1.18 bits per heavy atom. The predicted molar refractivity (Wildman–Crippen MR) is 77.8 cm³/mol. The van der Waals surface area contributed by atoms with Gasteiger partial charge in [0.2, 0.25) is 0 Å². The summed E-state index contributed by atoms with van der Waals surface area (Å²) >= 11 is 0. The Labute approximate surface area is 125 Å². The minimum Gasteiger partial charge on any atom is -0.497 e. The number of carboxylic acid groups (broad SMARTS) is 1. The first-order valence-electron chi connectivity index (χ1n) is 6.19. The maximum Gasteiger partial charge on any atom is 0.328 e. The highest BCUT2D eigenvalue weighted by molar-refractivity contribution is 6.08. The van der Waals surface area contributed by atoms with Crippen LogP contribution < -0.4 is 9.47 Å². The average molecular weight is 303 g/mol. The largest absolute Gasteiger partial charge is 0.497 e. The SMILES string of the molecule is COc1cc(OC)c2c(C=O)cn(C(=O)/C=C/C(=O)O)c2c1. The lowest BCUT2D eigenvalue weighted by molar-refractivity contribution is -0.131. The van der Waals surface area contributed by atoms with Crippen LogP contribution in [-0.2, 0) is 4.79 Å². The van der Waals surface area contributed by atoms with E-state index in [-0.39, 0.29) is 5.56 Å². The van der Waals surface area contributed by atoms with Crippen molar-refractivity contribution >= 4 is 29.1 Å². The second kappa shape index (κ2) is 6.13. The molecule has 0 spiro atoms. The zero-order chi connectivity index (χ0) is 16.3. The molecule has 0 radical (unpaired) electrons. The molecule has 0 aliphatic rings. The van der Waals surface area contributed by atoms with Crippen LogP contribution >= 0.6 is 0 Å². The van der Waals surface area contributed by atoms with Crippen LogP contribution in [0.3, 0.4) is 0 Å². The van der Waals surface area contributed by atoms with Gasteiger partial charge in [0.25, 0.3) is 5.91 Å². The predicted octanol–water partition coefficient (Wildman–Crippen LogP) is 1.75. The number of rotatable bonds is 5. The van der Waals surface area contributed by atoms with Gasteiger partial charge >= 0.3 is 5.97 Å². The number of aromatic nitrogens is 1. The molecule has 0 bridgehead atoms. The standard InChI is InChI=1S/C15H13NO6/c1-21-10-5-11-15(12(6-10)22-2)9(8-17)7-16(11)13(18)3-4-14(19)20/h3-8H,1-2H3,(H,19,20)/b4-3+. The minimum absolute atomic E-state index is 0.256. The second-order valence-corrected chi connectivity index (χ2v) is 4.31. The summed E-state index contributed by atoms with van der Waals surface area (Å²) in [6, 6.07) is 3.16. The van der Waals surface area contributed by atoms with Crippen molar-refractivity contribution in [3.63, 3.8) is 0 Å². The molecule has 0 fully saturated rings. The van der Waals surface area contributed by atoms with Crippen LogP contribution in [0, 0.1) is 0 Å². The Kier molecular flexibility index (Phi) is 4.26. The minimum atomic E-state index is -1.24.